The summed E-state index contributed by atoms with van der Waals surface area (Å²) >= 11 is 0. The number of piperidine rings is 2. The standard InChI is InChI=1S/C18H21N/c1-2-4-16(5-3-1)19-17-12-6-7-13(10-12)18(17,19)15-9-8-14(17)11-15/h1-5,12-15H,6-11H2/t12-,13-,14-,15-,17?,18?,19?/m1/s1. The molecule has 0 N–H and O–H groups in total. The number of para-hydroxylation sites is 1. The lowest BCUT2D eigenvalue weighted by molar-refractivity contribution is 0.265. The zero-order valence-electron chi connectivity index (χ0n) is 11.4. The zero-order chi connectivity index (χ0) is 12.2. The molecule has 0 aromatic heterocycles. The van der Waals surface area contributed by atoms with E-state index in [0.29, 0.717) is 11.1 Å². The van der Waals surface area contributed by atoms with E-state index in [4.69, 9.17) is 0 Å². The fourth-order valence-electron chi connectivity index (χ4n) is 7.70. The van der Waals surface area contributed by atoms with E-state index in [1.54, 1.807) is 12.8 Å². The maximum atomic E-state index is 2.94. The Morgan fingerprint density at radius 1 is 0.737 bits per heavy atom. The van der Waals surface area contributed by atoms with Gasteiger partial charge in [0.25, 0.3) is 0 Å². The Labute approximate surface area is 115 Å². The molecule has 1 heteroatoms. The molecule has 4 saturated carbocycles. The molecule has 4 aliphatic carbocycles. The molecular weight excluding hydrogens is 230 g/mol. The van der Waals surface area contributed by atoms with Crippen LogP contribution in [0.5, 0.6) is 0 Å². The topological polar surface area (TPSA) is 3.01 Å². The van der Waals surface area contributed by atoms with Gasteiger partial charge >= 0.3 is 0 Å². The van der Waals surface area contributed by atoms with Crippen molar-refractivity contribution in [3.05, 3.63) is 30.3 Å². The number of anilines is 1. The molecule has 1 aromatic carbocycles. The van der Waals surface area contributed by atoms with Gasteiger partial charge in [-0.25, -0.2) is 0 Å². The van der Waals surface area contributed by atoms with Gasteiger partial charge in [-0.2, -0.15) is 0 Å². The van der Waals surface area contributed by atoms with E-state index < -0.39 is 0 Å². The molecule has 1 nitrogen and oxygen atoms in total. The second-order valence-electron chi connectivity index (χ2n) is 7.74. The second-order valence-corrected chi connectivity index (χ2v) is 7.74. The van der Waals surface area contributed by atoms with E-state index in [1.807, 2.05) is 0 Å². The van der Waals surface area contributed by atoms with Crippen molar-refractivity contribution in [1.29, 1.82) is 0 Å². The highest BCUT2D eigenvalue weighted by atomic mass is 15.5. The van der Waals surface area contributed by atoms with Crippen LogP contribution in [0.1, 0.15) is 38.5 Å². The molecule has 4 atom stereocenters. The number of nitrogens with zero attached hydrogens (tertiary/aromatic N) is 1. The first-order valence-electron chi connectivity index (χ1n) is 8.25. The first-order chi connectivity index (χ1) is 9.40. The summed E-state index contributed by atoms with van der Waals surface area (Å²) in [5, 5.41) is 0. The number of fused-ring (bicyclic) bond motifs is 4. The van der Waals surface area contributed by atoms with Crippen LogP contribution in [-0.2, 0) is 0 Å². The third kappa shape index (κ3) is 0.740. The van der Waals surface area contributed by atoms with E-state index in [0.717, 1.165) is 23.7 Å². The number of hydrogen-bond acceptors (Lipinski definition) is 1. The highest BCUT2D eigenvalue weighted by Gasteiger charge is 2.93. The van der Waals surface area contributed by atoms with Crippen LogP contribution in [0.2, 0.25) is 0 Å². The van der Waals surface area contributed by atoms with Gasteiger partial charge in [0, 0.05) is 5.69 Å². The SMILES string of the molecule is c1ccc(N2C34[C@@H]5CC[C@H](C5)C23[C@@H]2CC[C@@H]4C2)cc1. The molecule has 1 heterocycles. The summed E-state index contributed by atoms with van der Waals surface area (Å²) < 4.78 is 0. The highest BCUT2D eigenvalue weighted by Crippen LogP contribution is 2.85. The van der Waals surface area contributed by atoms with E-state index in [9.17, 15) is 0 Å². The lowest BCUT2D eigenvalue weighted by atomic mass is 9.71. The molecule has 1 aliphatic heterocycles. The monoisotopic (exact) mass is 251 g/mol. The van der Waals surface area contributed by atoms with E-state index >= 15 is 0 Å². The Morgan fingerprint density at radius 2 is 1.21 bits per heavy atom. The van der Waals surface area contributed by atoms with E-state index in [-0.39, 0.29) is 0 Å². The van der Waals surface area contributed by atoms with Crippen LogP contribution in [0.15, 0.2) is 30.3 Å². The van der Waals surface area contributed by atoms with Crippen LogP contribution in [0.4, 0.5) is 5.69 Å². The van der Waals surface area contributed by atoms with Gasteiger partial charge in [-0.1, -0.05) is 18.2 Å². The smallest absolute Gasteiger partial charge is 0.0702 e. The van der Waals surface area contributed by atoms with Crippen LogP contribution in [-0.4, -0.2) is 11.1 Å². The minimum absolute atomic E-state index is 0.639. The number of hydrogen-bond donors (Lipinski definition) is 0. The normalized spacial score (nSPS) is 55.5. The van der Waals surface area contributed by atoms with Crippen molar-refractivity contribution >= 4 is 5.69 Å². The molecule has 5 aliphatic rings. The van der Waals surface area contributed by atoms with Crippen molar-refractivity contribution in [2.24, 2.45) is 23.7 Å². The summed E-state index contributed by atoms with van der Waals surface area (Å²) in [6.45, 7) is 0. The van der Waals surface area contributed by atoms with Gasteiger partial charge in [0.05, 0.1) is 11.1 Å². The van der Waals surface area contributed by atoms with Crippen molar-refractivity contribution in [1.82, 2.24) is 0 Å². The molecule has 0 amide bonds. The Balaban J connectivity index is 1.59. The van der Waals surface area contributed by atoms with Crippen LogP contribution >= 0.6 is 0 Å². The minimum atomic E-state index is 0.639. The Bertz CT molecular complexity index is 510. The molecule has 6 rings (SSSR count). The number of rotatable bonds is 1. The van der Waals surface area contributed by atoms with Gasteiger partial charge in [-0.05, 0) is 74.3 Å². The first kappa shape index (κ1) is 9.85. The quantitative estimate of drug-likeness (QED) is 0.685. The maximum Gasteiger partial charge on any atom is 0.0702 e. The maximum absolute atomic E-state index is 2.94. The van der Waals surface area contributed by atoms with E-state index in [2.05, 4.69) is 35.2 Å². The van der Waals surface area contributed by atoms with Gasteiger partial charge in [0.15, 0.2) is 0 Å². The summed E-state index contributed by atoms with van der Waals surface area (Å²) in [5.41, 5.74) is 2.82. The lowest BCUT2D eigenvalue weighted by Gasteiger charge is -2.29. The van der Waals surface area contributed by atoms with Gasteiger partial charge in [0.2, 0.25) is 0 Å². The molecular formula is C18H21N. The third-order valence-electron chi connectivity index (χ3n) is 7.70. The summed E-state index contributed by atoms with van der Waals surface area (Å²) in [5.74, 6) is 4.14. The summed E-state index contributed by atoms with van der Waals surface area (Å²) in [7, 11) is 0. The van der Waals surface area contributed by atoms with Gasteiger partial charge in [0.1, 0.15) is 0 Å². The molecule has 1 saturated heterocycles. The van der Waals surface area contributed by atoms with Crippen molar-refractivity contribution in [3.63, 3.8) is 0 Å². The van der Waals surface area contributed by atoms with Crippen LogP contribution in [0, 0.1) is 23.7 Å². The third-order valence-corrected chi connectivity index (χ3v) is 7.70. The van der Waals surface area contributed by atoms with Gasteiger partial charge in [-0.15, -0.1) is 0 Å². The minimum Gasteiger partial charge on any atom is -0.354 e. The average molecular weight is 251 g/mol. The molecule has 19 heavy (non-hydrogen) atoms. The molecule has 5 fully saturated rings. The van der Waals surface area contributed by atoms with Crippen LogP contribution in [0.25, 0.3) is 0 Å². The Kier molecular flexibility index (Phi) is 1.41. The molecule has 0 unspecified atom stereocenters. The summed E-state index contributed by atoms with van der Waals surface area (Å²) in [4.78, 5) is 2.94. The molecule has 0 radical (unpaired) electrons. The van der Waals surface area contributed by atoms with Crippen molar-refractivity contribution in [2.45, 2.75) is 49.6 Å². The molecule has 0 spiro atoms. The first-order valence-corrected chi connectivity index (χ1v) is 8.25. The van der Waals surface area contributed by atoms with Crippen LogP contribution < -0.4 is 4.90 Å². The van der Waals surface area contributed by atoms with Crippen molar-refractivity contribution in [3.8, 4) is 0 Å². The molecule has 4 bridgehead atoms. The zero-order valence-corrected chi connectivity index (χ0v) is 11.4. The predicted molar refractivity (Wildman–Crippen MR) is 76.0 cm³/mol. The summed E-state index contributed by atoms with van der Waals surface area (Å²) in [6, 6.07) is 11.4. The average Bonchev–Trinajstić information content (AvgIpc) is 2.98. The lowest BCUT2D eigenvalue weighted by Crippen LogP contribution is -2.37. The fraction of sp³-hybridized carbons (Fsp3) is 0.667. The predicted octanol–water partition coefficient (Wildman–Crippen LogP) is 3.84. The van der Waals surface area contributed by atoms with E-state index in [1.165, 1.54) is 31.4 Å². The highest BCUT2D eigenvalue weighted by molar-refractivity contribution is 5.72. The van der Waals surface area contributed by atoms with Gasteiger partial charge < -0.3 is 4.90 Å². The van der Waals surface area contributed by atoms with Gasteiger partial charge in [-0.3, -0.25) is 0 Å². The Morgan fingerprint density at radius 3 is 1.68 bits per heavy atom. The Hall–Kier alpha value is -0.980. The molecule has 98 valence electrons. The fourth-order valence-corrected chi connectivity index (χ4v) is 7.70. The number of benzene rings is 1. The molecule has 1 aromatic rings. The van der Waals surface area contributed by atoms with Crippen molar-refractivity contribution < 1.29 is 0 Å². The summed E-state index contributed by atoms with van der Waals surface area (Å²) in [6.07, 6.45) is 9.24. The van der Waals surface area contributed by atoms with Crippen LogP contribution in [0.3, 0.4) is 0 Å². The second kappa shape index (κ2) is 2.73. The largest absolute Gasteiger partial charge is 0.354 e. The van der Waals surface area contributed by atoms with Crippen molar-refractivity contribution in [2.75, 3.05) is 4.90 Å².